The average molecular weight is 294 g/mol. The molecule has 0 amide bonds. The zero-order valence-corrected chi connectivity index (χ0v) is 13.9. The molecule has 0 aliphatic carbocycles. The van der Waals surface area contributed by atoms with Gasteiger partial charge in [0.15, 0.2) is 0 Å². The molecular weight excluding hydrogens is 264 g/mol. The van der Waals surface area contributed by atoms with Crippen molar-refractivity contribution in [2.45, 2.75) is 39.8 Å². The van der Waals surface area contributed by atoms with Crippen molar-refractivity contribution in [3.05, 3.63) is 29.3 Å². The Balaban J connectivity index is 2.86. The summed E-state index contributed by atoms with van der Waals surface area (Å²) in [5.41, 5.74) is 3.83. The van der Waals surface area contributed by atoms with Gasteiger partial charge in [0.05, 0.1) is 6.61 Å². The standard InChI is InChI=1S/C17H30N2O2/c1-14(2)19(9-5-10-20)17-7-6-15(3)12-16(17)13-18-8-11-21-4/h6-7,12,14,18,20H,5,8-11,13H2,1-4H3. The summed E-state index contributed by atoms with van der Waals surface area (Å²) in [5, 5.41) is 12.5. The molecule has 120 valence electrons. The molecule has 1 aromatic carbocycles. The van der Waals surface area contributed by atoms with E-state index >= 15 is 0 Å². The number of nitrogens with zero attached hydrogens (tertiary/aromatic N) is 1. The highest BCUT2D eigenvalue weighted by atomic mass is 16.5. The lowest BCUT2D eigenvalue weighted by Crippen LogP contribution is -2.33. The van der Waals surface area contributed by atoms with Crippen LogP contribution >= 0.6 is 0 Å². The second-order valence-electron chi connectivity index (χ2n) is 5.67. The minimum Gasteiger partial charge on any atom is -0.396 e. The van der Waals surface area contributed by atoms with Crippen LogP contribution in [0.1, 0.15) is 31.4 Å². The first-order valence-electron chi connectivity index (χ1n) is 7.76. The van der Waals surface area contributed by atoms with E-state index in [4.69, 9.17) is 9.84 Å². The Morgan fingerprint density at radius 1 is 1.33 bits per heavy atom. The van der Waals surface area contributed by atoms with Gasteiger partial charge in [-0.3, -0.25) is 0 Å². The molecule has 0 saturated heterocycles. The third-order valence-electron chi connectivity index (χ3n) is 3.52. The van der Waals surface area contributed by atoms with Gasteiger partial charge in [0.25, 0.3) is 0 Å². The van der Waals surface area contributed by atoms with E-state index in [0.717, 1.165) is 32.7 Å². The lowest BCUT2D eigenvalue weighted by atomic mass is 10.1. The molecule has 0 spiro atoms. The van der Waals surface area contributed by atoms with Crippen molar-refractivity contribution in [1.29, 1.82) is 0 Å². The first-order chi connectivity index (χ1) is 10.1. The Labute approximate surface area is 129 Å². The topological polar surface area (TPSA) is 44.7 Å². The predicted molar refractivity (Wildman–Crippen MR) is 88.9 cm³/mol. The molecule has 0 saturated carbocycles. The molecule has 0 aliphatic heterocycles. The number of hydrogen-bond acceptors (Lipinski definition) is 4. The molecule has 0 atom stereocenters. The van der Waals surface area contributed by atoms with Crippen molar-refractivity contribution >= 4 is 5.69 Å². The molecule has 2 N–H and O–H groups in total. The summed E-state index contributed by atoms with van der Waals surface area (Å²) >= 11 is 0. The lowest BCUT2D eigenvalue weighted by molar-refractivity contribution is 0.199. The van der Waals surface area contributed by atoms with Crippen LogP contribution in [0.5, 0.6) is 0 Å². The Kier molecular flexibility index (Phi) is 8.35. The molecule has 1 aromatic rings. The normalized spacial score (nSPS) is 11.1. The van der Waals surface area contributed by atoms with Gasteiger partial charge in [-0.05, 0) is 38.8 Å². The van der Waals surface area contributed by atoms with Crippen LogP contribution in [0.15, 0.2) is 18.2 Å². The fraction of sp³-hybridized carbons (Fsp3) is 0.647. The fourth-order valence-electron chi connectivity index (χ4n) is 2.43. The van der Waals surface area contributed by atoms with Crippen LogP contribution in [0.3, 0.4) is 0 Å². The highest BCUT2D eigenvalue weighted by Gasteiger charge is 2.14. The Morgan fingerprint density at radius 2 is 2.10 bits per heavy atom. The maximum atomic E-state index is 9.10. The zero-order chi connectivity index (χ0) is 15.7. The number of rotatable bonds is 10. The number of aryl methyl sites for hydroxylation is 1. The lowest BCUT2D eigenvalue weighted by Gasteiger charge is -2.31. The minimum atomic E-state index is 0.233. The van der Waals surface area contributed by atoms with Crippen molar-refractivity contribution in [2.24, 2.45) is 0 Å². The van der Waals surface area contributed by atoms with Gasteiger partial charge in [-0.25, -0.2) is 0 Å². The summed E-state index contributed by atoms with van der Waals surface area (Å²) in [6.07, 6.45) is 0.794. The second-order valence-corrected chi connectivity index (χ2v) is 5.67. The fourth-order valence-corrected chi connectivity index (χ4v) is 2.43. The third-order valence-corrected chi connectivity index (χ3v) is 3.52. The molecule has 0 heterocycles. The number of benzene rings is 1. The predicted octanol–water partition coefficient (Wildman–Crippen LogP) is 2.33. The molecular formula is C17H30N2O2. The molecule has 0 unspecified atom stereocenters. The van der Waals surface area contributed by atoms with Crippen LogP contribution in [0.4, 0.5) is 5.69 Å². The average Bonchev–Trinajstić information content (AvgIpc) is 2.45. The van der Waals surface area contributed by atoms with Crippen molar-refractivity contribution in [1.82, 2.24) is 5.32 Å². The van der Waals surface area contributed by atoms with Gasteiger partial charge in [-0.1, -0.05) is 17.7 Å². The first-order valence-corrected chi connectivity index (χ1v) is 7.76. The number of aliphatic hydroxyl groups excluding tert-OH is 1. The van der Waals surface area contributed by atoms with E-state index in [2.05, 4.69) is 49.2 Å². The summed E-state index contributed by atoms with van der Waals surface area (Å²) in [6.45, 7) is 10.0. The Bertz CT molecular complexity index is 408. The minimum absolute atomic E-state index is 0.233. The summed E-state index contributed by atoms with van der Waals surface area (Å²) in [7, 11) is 1.72. The van der Waals surface area contributed by atoms with E-state index in [1.54, 1.807) is 7.11 Å². The molecule has 4 nitrogen and oxygen atoms in total. The van der Waals surface area contributed by atoms with Gasteiger partial charge in [-0.15, -0.1) is 0 Å². The Morgan fingerprint density at radius 3 is 2.71 bits per heavy atom. The molecule has 0 aliphatic rings. The number of hydrogen-bond donors (Lipinski definition) is 2. The molecule has 1 rings (SSSR count). The molecule has 21 heavy (non-hydrogen) atoms. The van der Waals surface area contributed by atoms with E-state index in [1.807, 2.05) is 0 Å². The first kappa shape index (κ1) is 18.0. The quantitative estimate of drug-likeness (QED) is 0.650. The smallest absolute Gasteiger partial charge is 0.0587 e. The summed E-state index contributed by atoms with van der Waals surface area (Å²) in [5.74, 6) is 0. The largest absolute Gasteiger partial charge is 0.396 e. The van der Waals surface area contributed by atoms with E-state index < -0.39 is 0 Å². The van der Waals surface area contributed by atoms with Crippen LogP contribution < -0.4 is 10.2 Å². The highest BCUT2D eigenvalue weighted by molar-refractivity contribution is 5.55. The van der Waals surface area contributed by atoms with Crippen LogP contribution in [0, 0.1) is 6.92 Å². The summed E-state index contributed by atoms with van der Waals surface area (Å²) < 4.78 is 5.07. The van der Waals surface area contributed by atoms with Crippen molar-refractivity contribution < 1.29 is 9.84 Å². The maximum absolute atomic E-state index is 9.10. The number of methoxy groups -OCH3 is 1. The summed E-state index contributed by atoms with van der Waals surface area (Å²) in [6, 6.07) is 7.00. The monoisotopic (exact) mass is 294 g/mol. The SMILES string of the molecule is COCCNCc1cc(C)ccc1N(CCCO)C(C)C. The van der Waals surface area contributed by atoms with E-state index in [-0.39, 0.29) is 6.61 Å². The third kappa shape index (κ3) is 6.04. The van der Waals surface area contributed by atoms with Crippen LogP contribution in [-0.2, 0) is 11.3 Å². The highest BCUT2D eigenvalue weighted by Crippen LogP contribution is 2.24. The number of nitrogens with one attached hydrogen (secondary N) is 1. The van der Waals surface area contributed by atoms with Gasteiger partial charge in [0.2, 0.25) is 0 Å². The van der Waals surface area contributed by atoms with E-state index in [0.29, 0.717) is 6.04 Å². The van der Waals surface area contributed by atoms with Crippen LogP contribution in [0.2, 0.25) is 0 Å². The summed E-state index contributed by atoms with van der Waals surface area (Å²) in [4.78, 5) is 2.36. The van der Waals surface area contributed by atoms with E-state index in [1.165, 1.54) is 16.8 Å². The van der Waals surface area contributed by atoms with E-state index in [9.17, 15) is 0 Å². The molecule has 0 radical (unpaired) electrons. The number of aliphatic hydroxyl groups is 1. The zero-order valence-electron chi connectivity index (χ0n) is 13.9. The van der Waals surface area contributed by atoms with Crippen molar-refractivity contribution in [2.75, 3.05) is 38.3 Å². The van der Waals surface area contributed by atoms with Gasteiger partial charge >= 0.3 is 0 Å². The van der Waals surface area contributed by atoms with Crippen LogP contribution in [0.25, 0.3) is 0 Å². The number of ether oxygens (including phenoxy) is 1. The number of anilines is 1. The van der Waals surface area contributed by atoms with Crippen molar-refractivity contribution in [3.63, 3.8) is 0 Å². The second kappa shape index (κ2) is 9.77. The molecule has 0 bridgehead atoms. The maximum Gasteiger partial charge on any atom is 0.0587 e. The van der Waals surface area contributed by atoms with Crippen molar-refractivity contribution in [3.8, 4) is 0 Å². The molecule has 0 fully saturated rings. The van der Waals surface area contributed by atoms with Gasteiger partial charge in [-0.2, -0.15) is 0 Å². The Hall–Kier alpha value is -1.10. The van der Waals surface area contributed by atoms with Gasteiger partial charge in [0, 0.05) is 45.1 Å². The van der Waals surface area contributed by atoms with Gasteiger partial charge in [0.1, 0.15) is 0 Å². The molecule has 4 heteroatoms. The molecule has 0 aromatic heterocycles. The van der Waals surface area contributed by atoms with Gasteiger partial charge < -0.3 is 20.1 Å². The van der Waals surface area contributed by atoms with Crippen LogP contribution in [-0.4, -0.2) is 44.6 Å².